The fraction of sp³-hybridized carbons (Fsp3) is 0.556. The second-order valence-electron chi connectivity index (χ2n) is 3.92. The van der Waals surface area contributed by atoms with Crippen LogP contribution in [0.1, 0.15) is 5.76 Å². The van der Waals surface area contributed by atoms with Crippen molar-refractivity contribution in [3.05, 3.63) is 17.9 Å². The molecule has 0 unspecified atom stereocenters. The van der Waals surface area contributed by atoms with Crippen LogP contribution in [0.25, 0.3) is 0 Å². The molecule has 0 aromatic carbocycles. The molecule has 8 nitrogen and oxygen atoms in total. The highest BCUT2D eigenvalue weighted by molar-refractivity contribution is 7.90. The Morgan fingerprint density at radius 3 is 2.37 bits per heavy atom. The topological polar surface area (TPSA) is 123 Å². The molecule has 0 amide bonds. The lowest BCUT2D eigenvalue weighted by atomic mass is 10.5. The highest BCUT2D eigenvalue weighted by Gasteiger charge is 2.20. The molecule has 0 saturated heterocycles. The molecule has 0 radical (unpaired) electrons. The molecule has 0 spiro atoms. The van der Waals surface area contributed by atoms with Gasteiger partial charge >= 0.3 is 0 Å². The SMILES string of the molecule is CN(C)S(=O)(=O)CCNS(=O)(=O)c1ccc(CN)o1. The summed E-state index contributed by atoms with van der Waals surface area (Å²) in [6, 6.07) is 2.72. The Morgan fingerprint density at radius 1 is 1.26 bits per heavy atom. The lowest BCUT2D eigenvalue weighted by Gasteiger charge is -2.11. The minimum atomic E-state index is -3.85. The lowest BCUT2D eigenvalue weighted by Crippen LogP contribution is -2.33. The molecule has 1 aromatic rings. The van der Waals surface area contributed by atoms with Gasteiger partial charge in [0.25, 0.3) is 10.0 Å². The summed E-state index contributed by atoms with van der Waals surface area (Å²) in [4.78, 5) is 0. The molecule has 0 atom stereocenters. The number of rotatable bonds is 7. The van der Waals surface area contributed by atoms with Crippen LogP contribution in [-0.2, 0) is 26.6 Å². The van der Waals surface area contributed by atoms with Gasteiger partial charge in [-0.3, -0.25) is 0 Å². The predicted octanol–water partition coefficient (Wildman–Crippen LogP) is -1.09. The first-order chi connectivity index (χ1) is 8.69. The number of furan rings is 1. The second-order valence-corrected chi connectivity index (χ2v) is 7.92. The average molecular weight is 311 g/mol. The number of nitrogens with two attached hydrogens (primary N) is 1. The van der Waals surface area contributed by atoms with Crippen molar-refractivity contribution in [3.8, 4) is 0 Å². The quantitative estimate of drug-likeness (QED) is 0.659. The minimum Gasteiger partial charge on any atom is -0.447 e. The second kappa shape index (κ2) is 6.01. The van der Waals surface area contributed by atoms with Crippen LogP contribution in [0.5, 0.6) is 0 Å². The third-order valence-electron chi connectivity index (χ3n) is 2.31. The highest BCUT2D eigenvalue weighted by atomic mass is 32.2. The van der Waals surface area contributed by atoms with E-state index in [4.69, 9.17) is 10.2 Å². The van der Waals surface area contributed by atoms with Crippen molar-refractivity contribution in [1.82, 2.24) is 9.03 Å². The Bertz CT molecular complexity index is 618. The van der Waals surface area contributed by atoms with Crippen LogP contribution >= 0.6 is 0 Å². The maximum absolute atomic E-state index is 11.8. The van der Waals surface area contributed by atoms with Gasteiger partial charge in [0.15, 0.2) is 0 Å². The van der Waals surface area contributed by atoms with Gasteiger partial charge in [-0.05, 0) is 12.1 Å². The van der Waals surface area contributed by atoms with Crippen molar-refractivity contribution in [2.75, 3.05) is 26.4 Å². The van der Waals surface area contributed by atoms with E-state index in [-0.39, 0.29) is 23.9 Å². The summed E-state index contributed by atoms with van der Waals surface area (Å²) in [5.74, 6) is 0.00485. The molecule has 3 N–H and O–H groups in total. The van der Waals surface area contributed by atoms with E-state index in [1.807, 2.05) is 0 Å². The van der Waals surface area contributed by atoms with Gasteiger partial charge in [-0.2, -0.15) is 0 Å². The van der Waals surface area contributed by atoms with Crippen molar-refractivity contribution in [3.63, 3.8) is 0 Å². The van der Waals surface area contributed by atoms with E-state index in [1.54, 1.807) is 0 Å². The fourth-order valence-electron chi connectivity index (χ4n) is 1.17. The first-order valence-corrected chi connectivity index (χ1v) is 8.47. The van der Waals surface area contributed by atoms with Crippen molar-refractivity contribution in [2.45, 2.75) is 11.6 Å². The average Bonchev–Trinajstić information content (AvgIpc) is 2.77. The molecule has 1 rings (SSSR count). The summed E-state index contributed by atoms with van der Waals surface area (Å²) in [5.41, 5.74) is 5.30. The monoisotopic (exact) mass is 311 g/mol. The molecule has 1 heterocycles. The van der Waals surface area contributed by atoms with Gasteiger partial charge in [-0.1, -0.05) is 0 Å². The molecule has 0 aliphatic rings. The predicted molar refractivity (Wildman–Crippen MR) is 69.3 cm³/mol. The number of nitrogens with zero attached hydrogens (tertiary/aromatic N) is 1. The molecule has 1 aromatic heterocycles. The molecular formula is C9H17N3O5S2. The molecule has 19 heavy (non-hydrogen) atoms. The maximum atomic E-state index is 11.8. The molecule has 10 heteroatoms. The van der Waals surface area contributed by atoms with Crippen molar-refractivity contribution >= 4 is 20.0 Å². The third-order valence-corrected chi connectivity index (χ3v) is 5.48. The molecule has 0 aliphatic heterocycles. The summed E-state index contributed by atoms with van der Waals surface area (Å²) >= 11 is 0. The zero-order chi connectivity index (χ0) is 14.7. The van der Waals surface area contributed by atoms with Gasteiger partial charge in [0.05, 0.1) is 12.3 Å². The maximum Gasteiger partial charge on any atom is 0.273 e. The van der Waals surface area contributed by atoms with Crippen LogP contribution in [0.2, 0.25) is 0 Å². The summed E-state index contributed by atoms with van der Waals surface area (Å²) in [6.45, 7) is -0.147. The van der Waals surface area contributed by atoms with E-state index in [0.29, 0.717) is 5.76 Å². The molecule has 0 fully saturated rings. The zero-order valence-electron chi connectivity index (χ0n) is 10.7. The largest absolute Gasteiger partial charge is 0.447 e. The van der Waals surface area contributed by atoms with Crippen LogP contribution in [-0.4, -0.2) is 47.5 Å². The minimum absolute atomic E-state index is 0.0878. The van der Waals surface area contributed by atoms with Crippen LogP contribution in [0.15, 0.2) is 21.6 Å². The van der Waals surface area contributed by atoms with Gasteiger partial charge in [-0.15, -0.1) is 0 Å². The number of sulfonamides is 2. The molecule has 110 valence electrons. The van der Waals surface area contributed by atoms with E-state index in [1.165, 1.54) is 26.2 Å². The van der Waals surface area contributed by atoms with Crippen LogP contribution in [0, 0.1) is 0 Å². The van der Waals surface area contributed by atoms with Gasteiger partial charge in [0.2, 0.25) is 15.1 Å². The van der Waals surface area contributed by atoms with Gasteiger partial charge in [0, 0.05) is 20.6 Å². The standard InChI is InChI=1S/C9H17N3O5S2/c1-12(2)18(13,14)6-5-11-19(15,16)9-4-3-8(7-10)17-9/h3-4,11H,5-7,10H2,1-2H3. The first-order valence-electron chi connectivity index (χ1n) is 5.37. The summed E-state index contributed by atoms with van der Waals surface area (Å²) < 4.78 is 54.6. The molecule has 0 aliphatic carbocycles. The van der Waals surface area contributed by atoms with E-state index in [0.717, 1.165) is 4.31 Å². The van der Waals surface area contributed by atoms with Crippen LogP contribution in [0.4, 0.5) is 0 Å². The van der Waals surface area contributed by atoms with E-state index in [2.05, 4.69) is 4.72 Å². The molecule has 0 bridgehead atoms. The Kier molecular flexibility index (Phi) is 5.10. The van der Waals surface area contributed by atoms with Crippen LogP contribution in [0.3, 0.4) is 0 Å². The zero-order valence-corrected chi connectivity index (χ0v) is 12.3. The smallest absolute Gasteiger partial charge is 0.273 e. The Morgan fingerprint density at radius 2 is 1.89 bits per heavy atom. The number of hydrogen-bond acceptors (Lipinski definition) is 6. The Hall–Kier alpha value is -0.940. The number of hydrogen-bond donors (Lipinski definition) is 2. The Balaban J connectivity index is 2.67. The van der Waals surface area contributed by atoms with Gasteiger partial charge in [-0.25, -0.2) is 25.9 Å². The van der Waals surface area contributed by atoms with Crippen molar-refractivity contribution < 1.29 is 21.3 Å². The van der Waals surface area contributed by atoms with Crippen LogP contribution < -0.4 is 10.5 Å². The first kappa shape index (κ1) is 16.1. The normalized spacial score (nSPS) is 13.1. The van der Waals surface area contributed by atoms with E-state index >= 15 is 0 Å². The van der Waals surface area contributed by atoms with Crippen molar-refractivity contribution in [2.24, 2.45) is 5.73 Å². The highest BCUT2D eigenvalue weighted by Crippen LogP contribution is 2.12. The fourth-order valence-corrected chi connectivity index (χ4v) is 3.00. The lowest BCUT2D eigenvalue weighted by molar-refractivity contribution is 0.413. The van der Waals surface area contributed by atoms with E-state index < -0.39 is 20.0 Å². The molecular weight excluding hydrogens is 294 g/mol. The van der Waals surface area contributed by atoms with E-state index in [9.17, 15) is 16.8 Å². The summed E-state index contributed by atoms with van der Waals surface area (Å²) in [6.07, 6.45) is 0. The summed E-state index contributed by atoms with van der Waals surface area (Å²) in [5, 5.41) is -0.282. The summed E-state index contributed by atoms with van der Waals surface area (Å²) in [7, 11) is -4.54. The van der Waals surface area contributed by atoms with Gasteiger partial charge < -0.3 is 10.2 Å². The molecule has 0 saturated carbocycles. The van der Waals surface area contributed by atoms with Crippen molar-refractivity contribution in [1.29, 1.82) is 0 Å². The third kappa shape index (κ3) is 4.28. The van der Waals surface area contributed by atoms with Gasteiger partial charge in [0.1, 0.15) is 5.76 Å². The number of nitrogens with one attached hydrogen (secondary N) is 1. The Labute approximate surface area is 112 Å².